The molecule has 0 bridgehead atoms. The van der Waals surface area contributed by atoms with Crippen molar-refractivity contribution in [3.05, 3.63) is 22.2 Å². The van der Waals surface area contributed by atoms with Crippen molar-refractivity contribution in [2.45, 2.75) is 52.0 Å². The van der Waals surface area contributed by atoms with E-state index in [4.69, 9.17) is 28.9 Å². The Hall–Kier alpha value is -0.930. The maximum Gasteiger partial charge on any atom is 0.201 e. The van der Waals surface area contributed by atoms with Crippen molar-refractivity contribution in [1.82, 2.24) is 9.55 Å². The molecule has 0 unspecified atom stereocenters. The van der Waals surface area contributed by atoms with Crippen molar-refractivity contribution in [1.29, 1.82) is 0 Å². The van der Waals surface area contributed by atoms with Crippen molar-refractivity contribution in [3.8, 4) is 0 Å². The summed E-state index contributed by atoms with van der Waals surface area (Å²) in [6, 6.07) is 3.62. The Kier molecular flexibility index (Phi) is 5.55. The van der Waals surface area contributed by atoms with Gasteiger partial charge in [0.1, 0.15) is 0 Å². The predicted octanol–water partition coefficient (Wildman–Crippen LogP) is 5.29. The van der Waals surface area contributed by atoms with E-state index in [0.717, 1.165) is 24.0 Å². The molecule has 2 N–H and O–H groups in total. The van der Waals surface area contributed by atoms with Gasteiger partial charge in [-0.3, -0.25) is 0 Å². The number of aryl methyl sites for hydroxylation is 1. The van der Waals surface area contributed by atoms with E-state index in [-0.39, 0.29) is 0 Å². The van der Waals surface area contributed by atoms with E-state index in [1.165, 1.54) is 32.1 Å². The zero-order chi connectivity index (χ0) is 14.5. The molecule has 3 nitrogen and oxygen atoms in total. The number of unbranched alkanes of at least 4 members (excludes halogenated alkanes) is 5. The van der Waals surface area contributed by atoms with Crippen molar-refractivity contribution in [3.63, 3.8) is 0 Å². The maximum atomic E-state index is 6.07. The van der Waals surface area contributed by atoms with Crippen LogP contribution in [0.25, 0.3) is 11.0 Å². The third-order valence-electron chi connectivity index (χ3n) is 3.56. The summed E-state index contributed by atoms with van der Waals surface area (Å²) in [7, 11) is 0. The Morgan fingerprint density at radius 2 is 1.70 bits per heavy atom. The molecule has 0 saturated carbocycles. The summed E-state index contributed by atoms with van der Waals surface area (Å²) in [5, 5.41) is 1.06. The minimum Gasteiger partial charge on any atom is -0.369 e. The van der Waals surface area contributed by atoms with Gasteiger partial charge >= 0.3 is 0 Å². The fourth-order valence-corrected chi connectivity index (χ4v) is 2.74. The van der Waals surface area contributed by atoms with E-state index in [1.807, 2.05) is 10.6 Å². The molecule has 0 atom stereocenters. The zero-order valence-electron chi connectivity index (χ0n) is 11.8. The van der Waals surface area contributed by atoms with Crippen LogP contribution in [0.15, 0.2) is 12.1 Å². The van der Waals surface area contributed by atoms with Gasteiger partial charge in [0.25, 0.3) is 0 Å². The number of nitrogens with zero attached hydrogens (tertiary/aromatic N) is 2. The summed E-state index contributed by atoms with van der Waals surface area (Å²) in [6.45, 7) is 3.11. The first-order chi connectivity index (χ1) is 9.63. The number of imidazole rings is 1. The number of hydrogen-bond acceptors (Lipinski definition) is 2. The van der Waals surface area contributed by atoms with Crippen LogP contribution in [0.5, 0.6) is 0 Å². The van der Waals surface area contributed by atoms with Crippen LogP contribution in [-0.2, 0) is 6.54 Å². The van der Waals surface area contributed by atoms with Crippen molar-refractivity contribution in [2.24, 2.45) is 0 Å². The molecule has 0 aliphatic carbocycles. The van der Waals surface area contributed by atoms with E-state index in [1.54, 1.807) is 6.07 Å². The predicted molar refractivity (Wildman–Crippen MR) is 87.5 cm³/mol. The second-order valence-corrected chi connectivity index (χ2v) is 5.96. The number of benzene rings is 1. The SMILES string of the molecule is CCCCCCCCn1c(N)nc2cc(Cl)c(Cl)cc21. The highest BCUT2D eigenvalue weighted by molar-refractivity contribution is 6.42. The van der Waals surface area contributed by atoms with Gasteiger partial charge < -0.3 is 10.3 Å². The van der Waals surface area contributed by atoms with Crippen LogP contribution < -0.4 is 5.73 Å². The molecular weight excluding hydrogens is 293 g/mol. The lowest BCUT2D eigenvalue weighted by atomic mass is 10.1. The van der Waals surface area contributed by atoms with Gasteiger partial charge in [0.15, 0.2) is 0 Å². The van der Waals surface area contributed by atoms with Gasteiger partial charge in [-0.15, -0.1) is 0 Å². The fourth-order valence-electron chi connectivity index (χ4n) is 2.42. The monoisotopic (exact) mass is 313 g/mol. The Bertz CT molecular complexity index is 578. The van der Waals surface area contributed by atoms with Crippen LogP contribution in [0, 0.1) is 0 Å². The van der Waals surface area contributed by atoms with Gasteiger partial charge in [-0.1, -0.05) is 62.2 Å². The van der Waals surface area contributed by atoms with E-state index in [2.05, 4.69) is 11.9 Å². The molecule has 1 heterocycles. The van der Waals surface area contributed by atoms with Crippen molar-refractivity contribution in [2.75, 3.05) is 5.73 Å². The molecular formula is C15H21Cl2N3. The van der Waals surface area contributed by atoms with Crippen molar-refractivity contribution >= 4 is 40.2 Å². The summed E-state index contributed by atoms with van der Waals surface area (Å²) in [5.41, 5.74) is 7.75. The number of rotatable bonds is 7. The number of aromatic nitrogens is 2. The average molecular weight is 314 g/mol. The van der Waals surface area contributed by atoms with Crippen LogP contribution in [0.4, 0.5) is 5.95 Å². The molecule has 0 aliphatic heterocycles. The molecule has 110 valence electrons. The summed E-state index contributed by atoms with van der Waals surface area (Å²) in [5.74, 6) is 0.534. The van der Waals surface area contributed by atoms with Crippen molar-refractivity contribution < 1.29 is 0 Å². The lowest BCUT2D eigenvalue weighted by molar-refractivity contribution is 0.567. The standard InChI is InChI=1S/C15H21Cl2N3/c1-2-3-4-5-6-7-8-20-14-10-12(17)11(16)9-13(14)19-15(20)18/h9-10H,2-8H2,1H3,(H2,18,19). The average Bonchev–Trinajstić information content (AvgIpc) is 2.70. The summed E-state index contributed by atoms with van der Waals surface area (Å²) >= 11 is 12.1. The number of halogens is 2. The number of fused-ring (bicyclic) bond motifs is 1. The molecule has 0 aliphatic rings. The summed E-state index contributed by atoms with van der Waals surface area (Å²) in [6.07, 6.45) is 7.54. The topological polar surface area (TPSA) is 43.8 Å². The maximum absolute atomic E-state index is 6.07. The molecule has 2 aromatic rings. The Morgan fingerprint density at radius 3 is 2.45 bits per heavy atom. The molecule has 1 aromatic heterocycles. The van der Waals surface area contributed by atoms with Crippen LogP contribution >= 0.6 is 23.2 Å². The van der Waals surface area contributed by atoms with Crippen LogP contribution in [0.1, 0.15) is 45.4 Å². The molecule has 0 spiro atoms. The molecule has 20 heavy (non-hydrogen) atoms. The van der Waals surface area contributed by atoms with Gasteiger partial charge in [-0.05, 0) is 18.6 Å². The van der Waals surface area contributed by atoms with E-state index >= 15 is 0 Å². The second-order valence-electron chi connectivity index (χ2n) is 5.14. The van der Waals surface area contributed by atoms with Crippen LogP contribution in [0.3, 0.4) is 0 Å². The number of nitrogen functional groups attached to an aromatic ring is 1. The van der Waals surface area contributed by atoms with Gasteiger partial charge in [-0.2, -0.15) is 0 Å². The van der Waals surface area contributed by atoms with Crippen LogP contribution in [-0.4, -0.2) is 9.55 Å². The quantitative estimate of drug-likeness (QED) is 0.706. The molecule has 0 amide bonds. The van der Waals surface area contributed by atoms with Gasteiger partial charge in [0.05, 0.1) is 21.1 Å². The lowest BCUT2D eigenvalue weighted by Crippen LogP contribution is -2.03. The Labute approximate surface area is 130 Å². The molecule has 0 saturated heterocycles. The highest BCUT2D eigenvalue weighted by atomic mass is 35.5. The minimum atomic E-state index is 0.517. The largest absolute Gasteiger partial charge is 0.369 e. The minimum absolute atomic E-state index is 0.517. The first-order valence-corrected chi connectivity index (χ1v) is 8.00. The number of anilines is 1. The van der Waals surface area contributed by atoms with Crippen LogP contribution in [0.2, 0.25) is 10.0 Å². The third kappa shape index (κ3) is 3.58. The highest BCUT2D eigenvalue weighted by Crippen LogP contribution is 2.29. The zero-order valence-corrected chi connectivity index (χ0v) is 13.3. The fraction of sp³-hybridized carbons (Fsp3) is 0.533. The normalized spacial score (nSPS) is 11.3. The molecule has 2 rings (SSSR count). The van der Waals surface area contributed by atoms with E-state index in [0.29, 0.717) is 16.0 Å². The van der Waals surface area contributed by atoms with E-state index < -0.39 is 0 Å². The number of nitrogens with two attached hydrogens (primary N) is 1. The lowest BCUT2D eigenvalue weighted by Gasteiger charge is -2.07. The molecule has 0 fully saturated rings. The molecule has 5 heteroatoms. The summed E-state index contributed by atoms with van der Waals surface area (Å²) in [4.78, 5) is 4.34. The highest BCUT2D eigenvalue weighted by Gasteiger charge is 2.10. The van der Waals surface area contributed by atoms with E-state index in [9.17, 15) is 0 Å². The smallest absolute Gasteiger partial charge is 0.201 e. The van der Waals surface area contributed by atoms with Gasteiger partial charge in [0, 0.05) is 6.54 Å². The Morgan fingerprint density at radius 1 is 1.05 bits per heavy atom. The third-order valence-corrected chi connectivity index (χ3v) is 4.28. The first-order valence-electron chi connectivity index (χ1n) is 7.24. The van der Waals surface area contributed by atoms with Gasteiger partial charge in [0.2, 0.25) is 5.95 Å². The second kappa shape index (κ2) is 7.19. The molecule has 1 aromatic carbocycles. The van der Waals surface area contributed by atoms with Gasteiger partial charge in [-0.25, -0.2) is 4.98 Å². The first kappa shape index (κ1) is 15.5. The summed E-state index contributed by atoms with van der Waals surface area (Å²) < 4.78 is 2.03. The molecule has 0 radical (unpaired) electrons. The number of hydrogen-bond donors (Lipinski definition) is 1. The Balaban J connectivity index is 2.02.